The van der Waals surface area contributed by atoms with Gasteiger partial charge in [0, 0.05) is 46.3 Å². The van der Waals surface area contributed by atoms with Crippen molar-refractivity contribution in [3.8, 4) is 0 Å². The fourth-order valence-electron chi connectivity index (χ4n) is 4.78. The maximum absolute atomic E-state index is 12.0. The second-order valence-corrected chi connectivity index (χ2v) is 8.30. The second kappa shape index (κ2) is 10.3. The number of carbonyl (C=O) groups excluding carboxylic acids is 1. The van der Waals surface area contributed by atoms with Crippen molar-refractivity contribution in [2.75, 3.05) is 41.0 Å². The molecule has 0 aromatic heterocycles. The van der Waals surface area contributed by atoms with Crippen molar-refractivity contribution in [1.82, 2.24) is 15.5 Å². The minimum Gasteiger partial charge on any atom is -0.379 e. The summed E-state index contributed by atoms with van der Waals surface area (Å²) in [5.41, 5.74) is 6.46. The minimum absolute atomic E-state index is 0.0212. The number of nitrogens with zero attached hydrogens (tertiary/aromatic N) is 1. The number of hydrogen-bond donors (Lipinski definition) is 4. The molecule has 2 saturated heterocycles. The van der Waals surface area contributed by atoms with Crippen molar-refractivity contribution < 1.29 is 24.3 Å². The highest BCUT2D eigenvalue weighted by molar-refractivity contribution is 5.80. The molecule has 1 saturated carbocycles. The van der Waals surface area contributed by atoms with Gasteiger partial charge in [0.1, 0.15) is 6.10 Å². The first-order chi connectivity index (χ1) is 13.5. The lowest BCUT2D eigenvalue weighted by Crippen LogP contribution is -3.06. The van der Waals surface area contributed by atoms with Gasteiger partial charge in [-0.3, -0.25) is 4.79 Å². The molecule has 3 rings (SSSR count). The fraction of sp³-hybridized carbons (Fsp3) is 0.947. The van der Waals surface area contributed by atoms with Crippen LogP contribution in [-0.4, -0.2) is 88.6 Å². The molecule has 0 bridgehead atoms. The van der Waals surface area contributed by atoms with Gasteiger partial charge >= 0.3 is 0 Å². The molecule has 9 heteroatoms. The van der Waals surface area contributed by atoms with Crippen molar-refractivity contribution in [2.45, 2.75) is 68.9 Å². The summed E-state index contributed by atoms with van der Waals surface area (Å²) in [5, 5.41) is 8.89. The Balaban J connectivity index is 1.42. The van der Waals surface area contributed by atoms with E-state index in [9.17, 15) is 4.79 Å². The van der Waals surface area contributed by atoms with Crippen LogP contribution in [-0.2, 0) is 19.0 Å². The van der Waals surface area contributed by atoms with E-state index in [0.717, 1.165) is 38.6 Å². The molecule has 162 valence electrons. The Hall–Kier alpha value is -0.810. The molecule has 1 amide bonds. The molecule has 2 aliphatic heterocycles. The number of amides is 1. The molecule has 2 heterocycles. The second-order valence-electron chi connectivity index (χ2n) is 8.30. The molecule has 6 N–H and O–H groups in total. The van der Waals surface area contributed by atoms with Gasteiger partial charge in [-0.1, -0.05) is 0 Å². The van der Waals surface area contributed by atoms with Gasteiger partial charge < -0.3 is 30.6 Å². The number of hydrogen-bond acceptors (Lipinski definition) is 7. The van der Waals surface area contributed by atoms with Gasteiger partial charge in [0.25, 0.3) is 0 Å². The number of ether oxygens (including phenoxy) is 3. The van der Waals surface area contributed by atoms with Crippen molar-refractivity contribution in [3.63, 3.8) is 0 Å². The number of nitrogens with two attached hydrogens (primary N) is 2. The van der Waals surface area contributed by atoms with Gasteiger partial charge in [-0.25, -0.2) is 10.2 Å². The topological polar surface area (TPSA) is 115 Å². The molecule has 28 heavy (non-hydrogen) atoms. The fourth-order valence-corrected chi connectivity index (χ4v) is 4.78. The highest BCUT2D eigenvalue weighted by atomic mass is 16.5. The highest BCUT2D eigenvalue weighted by Gasteiger charge is 2.47. The van der Waals surface area contributed by atoms with Crippen molar-refractivity contribution in [2.24, 2.45) is 11.7 Å². The van der Waals surface area contributed by atoms with Crippen molar-refractivity contribution in [3.05, 3.63) is 0 Å². The number of methoxy groups -OCH3 is 2. The van der Waals surface area contributed by atoms with E-state index in [4.69, 9.17) is 19.9 Å². The van der Waals surface area contributed by atoms with Crippen LogP contribution in [0.25, 0.3) is 0 Å². The summed E-state index contributed by atoms with van der Waals surface area (Å²) in [6.07, 6.45) is 4.59. The third kappa shape index (κ3) is 5.21. The Morgan fingerprint density at radius 2 is 2.07 bits per heavy atom. The number of nitrogens with one attached hydrogen (secondary N) is 2. The molecule has 0 aromatic rings. The first-order valence-electron chi connectivity index (χ1n) is 10.5. The normalized spacial score (nSPS) is 38.4. The molecule has 7 atom stereocenters. The molecule has 3 fully saturated rings. The zero-order valence-corrected chi connectivity index (χ0v) is 17.4. The van der Waals surface area contributed by atoms with E-state index in [-0.39, 0.29) is 36.7 Å². The molecule has 6 unspecified atom stereocenters. The summed E-state index contributed by atoms with van der Waals surface area (Å²) in [4.78, 5) is 14.3. The van der Waals surface area contributed by atoms with Gasteiger partial charge in [-0.05, 0) is 32.7 Å². The molecule has 9 nitrogen and oxygen atoms in total. The first-order valence-corrected chi connectivity index (χ1v) is 10.5. The lowest BCUT2D eigenvalue weighted by atomic mass is 9.78. The largest absolute Gasteiger partial charge is 0.379 e. The number of carbonyl (C=O) groups is 1. The average Bonchev–Trinajstić information content (AvgIpc) is 3.24. The monoisotopic (exact) mass is 400 g/mol. The van der Waals surface area contributed by atoms with E-state index in [1.54, 1.807) is 14.2 Å². The molecule has 0 radical (unpaired) electrons. The van der Waals surface area contributed by atoms with Crippen LogP contribution in [0.4, 0.5) is 0 Å². The van der Waals surface area contributed by atoms with E-state index >= 15 is 0 Å². The summed E-state index contributed by atoms with van der Waals surface area (Å²) in [6.45, 7) is 2.23. The lowest BCUT2D eigenvalue weighted by molar-refractivity contribution is -0.763. The van der Waals surface area contributed by atoms with Crippen LogP contribution < -0.4 is 21.7 Å². The zero-order valence-electron chi connectivity index (χ0n) is 17.4. The molecular formula is C19H38N5O4+. The Morgan fingerprint density at radius 1 is 1.32 bits per heavy atom. The highest BCUT2D eigenvalue weighted by Crippen LogP contribution is 2.29. The van der Waals surface area contributed by atoms with Gasteiger partial charge in [0.05, 0.1) is 24.4 Å². The number of fused-ring (bicyclic) bond motifs is 1. The third-order valence-corrected chi connectivity index (χ3v) is 6.52. The van der Waals surface area contributed by atoms with E-state index in [2.05, 4.69) is 27.9 Å². The van der Waals surface area contributed by atoms with Crippen LogP contribution in [0, 0.1) is 5.92 Å². The van der Waals surface area contributed by atoms with E-state index < -0.39 is 0 Å². The molecule has 3 aliphatic rings. The summed E-state index contributed by atoms with van der Waals surface area (Å²) in [7, 11) is 5.60. The van der Waals surface area contributed by atoms with Crippen LogP contribution in [0.15, 0.2) is 0 Å². The smallest absolute Gasteiger partial charge is 0.249 e. The maximum atomic E-state index is 12.0. The zero-order chi connectivity index (χ0) is 20.1. The van der Waals surface area contributed by atoms with Gasteiger partial charge in [-0.2, -0.15) is 0 Å². The number of quaternary nitrogens is 1. The Kier molecular flexibility index (Phi) is 8.04. The quantitative estimate of drug-likeness (QED) is 0.354. The molecule has 0 aromatic carbocycles. The van der Waals surface area contributed by atoms with E-state index in [1.807, 2.05) is 0 Å². The summed E-state index contributed by atoms with van der Waals surface area (Å²) < 4.78 is 16.7. The predicted octanol–water partition coefficient (Wildman–Crippen LogP) is -1.85. The lowest BCUT2D eigenvalue weighted by Gasteiger charge is -2.47. The van der Waals surface area contributed by atoms with Gasteiger partial charge in [0.15, 0.2) is 0 Å². The molecule has 0 spiro atoms. The van der Waals surface area contributed by atoms with Crippen LogP contribution >= 0.6 is 0 Å². The summed E-state index contributed by atoms with van der Waals surface area (Å²) in [5.74, 6) is 0.389. The minimum atomic E-state index is -0.253. The Morgan fingerprint density at radius 3 is 2.75 bits per heavy atom. The maximum Gasteiger partial charge on any atom is 0.249 e. The summed E-state index contributed by atoms with van der Waals surface area (Å²) in [6, 6.07) is 0.416. The van der Waals surface area contributed by atoms with Crippen LogP contribution in [0.2, 0.25) is 0 Å². The third-order valence-electron chi connectivity index (χ3n) is 6.52. The first kappa shape index (κ1) is 21.9. The SMILES string of the molecule is COC1CC2[NH2+]C(N(C)CCCNC(=O)[C@@H]3CCCO3)NC(N)C2CC1OC. The van der Waals surface area contributed by atoms with Gasteiger partial charge in [0.2, 0.25) is 12.2 Å². The van der Waals surface area contributed by atoms with E-state index in [1.165, 1.54) is 0 Å². The van der Waals surface area contributed by atoms with Crippen molar-refractivity contribution >= 4 is 5.91 Å². The molecular weight excluding hydrogens is 362 g/mol. The Bertz CT molecular complexity index is 505. The predicted molar refractivity (Wildman–Crippen MR) is 104 cm³/mol. The average molecular weight is 401 g/mol. The van der Waals surface area contributed by atoms with Gasteiger partial charge in [-0.15, -0.1) is 0 Å². The van der Waals surface area contributed by atoms with Crippen LogP contribution in [0.5, 0.6) is 0 Å². The van der Waals surface area contributed by atoms with E-state index in [0.29, 0.717) is 25.1 Å². The Labute approximate surface area is 168 Å². The standard InChI is InChI=1S/C19H37N5O4/c1-24(8-5-7-21-18(25)14-6-4-9-28-14)19-22-13-11-16(27-3)15(26-2)10-12(13)17(20)23-19/h12-17,19,22-23H,4-11,20H2,1-3H3,(H,21,25)/p+1/t12?,13?,14-,15?,16?,17?,19?/m0/s1. The summed E-state index contributed by atoms with van der Waals surface area (Å²) >= 11 is 0. The van der Waals surface area contributed by atoms with Crippen molar-refractivity contribution in [1.29, 1.82) is 0 Å². The number of rotatable bonds is 8. The van der Waals surface area contributed by atoms with Crippen LogP contribution in [0.1, 0.15) is 32.1 Å². The van der Waals surface area contributed by atoms with Crippen LogP contribution in [0.3, 0.4) is 0 Å². The molecule has 1 aliphatic carbocycles.